The Balaban J connectivity index is 2.29. The van der Waals surface area contributed by atoms with Gasteiger partial charge < -0.3 is 10.6 Å². The van der Waals surface area contributed by atoms with E-state index in [0.717, 1.165) is 12.1 Å². The molecule has 0 bridgehead atoms. The third-order valence-corrected chi connectivity index (χ3v) is 4.70. The van der Waals surface area contributed by atoms with E-state index in [4.69, 9.17) is 0 Å². The summed E-state index contributed by atoms with van der Waals surface area (Å²) in [5.74, 6) is -1.44. The van der Waals surface area contributed by atoms with Gasteiger partial charge in [0, 0.05) is 6.04 Å². The first-order chi connectivity index (χ1) is 12.5. The lowest BCUT2D eigenvalue weighted by molar-refractivity contribution is -0.140. The number of amides is 4. The van der Waals surface area contributed by atoms with Crippen LogP contribution < -0.4 is 10.6 Å². The third kappa shape index (κ3) is 4.06. The number of halogens is 3. The van der Waals surface area contributed by atoms with Crippen LogP contribution in [0, 0.1) is 0 Å². The van der Waals surface area contributed by atoms with E-state index in [1.807, 2.05) is 13.8 Å². The molecule has 2 rings (SSSR count). The highest BCUT2D eigenvalue weighted by atomic mass is 19.4. The van der Waals surface area contributed by atoms with Crippen LogP contribution in [0.25, 0.3) is 0 Å². The Kier molecular flexibility index (Phi) is 5.82. The van der Waals surface area contributed by atoms with E-state index in [-0.39, 0.29) is 11.6 Å². The standard InChI is InChI=1S/C18H22F3N3O3/c1-4-11(5-2)22-14(25)10-24-15(26)17(3,23-16(24)27)12-8-6-7-9-13(12)18(19,20)21/h6-9,11H,4-5,10H2,1-3H3,(H,22,25)(H,23,27). The van der Waals surface area contributed by atoms with E-state index < -0.39 is 41.7 Å². The molecule has 4 amide bonds. The highest BCUT2D eigenvalue weighted by molar-refractivity contribution is 6.09. The highest BCUT2D eigenvalue weighted by Crippen LogP contribution is 2.39. The Morgan fingerprint density at radius 2 is 1.81 bits per heavy atom. The number of carbonyl (C=O) groups excluding carboxylic acids is 3. The summed E-state index contributed by atoms with van der Waals surface area (Å²) in [6.07, 6.45) is -3.33. The summed E-state index contributed by atoms with van der Waals surface area (Å²) in [4.78, 5) is 37.8. The van der Waals surface area contributed by atoms with Gasteiger partial charge in [0.15, 0.2) is 0 Å². The molecule has 6 nitrogen and oxygen atoms in total. The minimum absolute atomic E-state index is 0.101. The minimum Gasteiger partial charge on any atom is -0.352 e. The molecule has 0 aromatic heterocycles. The van der Waals surface area contributed by atoms with Gasteiger partial charge >= 0.3 is 12.2 Å². The van der Waals surface area contributed by atoms with Gasteiger partial charge in [-0.1, -0.05) is 32.0 Å². The van der Waals surface area contributed by atoms with Gasteiger partial charge in [-0.2, -0.15) is 13.2 Å². The average Bonchev–Trinajstić information content (AvgIpc) is 2.83. The quantitative estimate of drug-likeness (QED) is 0.739. The number of imide groups is 1. The Hall–Kier alpha value is -2.58. The van der Waals surface area contributed by atoms with Gasteiger partial charge in [-0.3, -0.25) is 14.5 Å². The van der Waals surface area contributed by atoms with E-state index in [0.29, 0.717) is 17.7 Å². The second kappa shape index (κ2) is 7.58. The molecule has 1 aliphatic rings. The fraction of sp³-hybridized carbons (Fsp3) is 0.500. The normalized spacial score (nSPS) is 20.2. The van der Waals surface area contributed by atoms with Gasteiger partial charge in [0.2, 0.25) is 5.91 Å². The smallest absolute Gasteiger partial charge is 0.352 e. The molecular weight excluding hydrogens is 363 g/mol. The van der Waals surface area contributed by atoms with Crippen LogP contribution in [0.5, 0.6) is 0 Å². The Morgan fingerprint density at radius 3 is 2.37 bits per heavy atom. The van der Waals surface area contributed by atoms with E-state index >= 15 is 0 Å². The van der Waals surface area contributed by atoms with Gasteiger partial charge in [0.05, 0.1) is 5.56 Å². The first-order valence-corrected chi connectivity index (χ1v) is 8.64. The third-order valence-electron chi connectivity index (χ3n) is 4.70. The second-order valence-corrected chi connectivity index (χ2v) is 6.57. The fourth-order valence-electron chi connectivity index (χ4n) is 3.10. The zero-order valence-corrected chi connectivity index (χ0v) is 15.3. The summed E-state index contributed by atoms with van der Waals surface area (Å²) in [5, 5.41) is 5.00. The first-order valence-electron chi connectivity index (χ1n) is 8.64. The number of nitrogens with zero attached hydrogens (tertiary/aromatic N) is 1. The molecular formula is C18H22F3N3O3. The van der Waals surface area contributed by atoms with Crippen LogP contribution in [-0.2, 0) is 21.3 Å². The molecule has 9 heteroatoms. The number of rotatable bonds is 6. The van der Waals surface area contributed by atoms with Gasteiger partial charge in [0.1, 0.15) is 12.1 Å². The average molecular weight is 385 g/mol. The number of alkyl halides is 3. The molecule has 0 radical (unpaired) electrons. The Morgan fingerprint density at radius 1 is 1.22 bits per heavy atom. The van der Waals surface area contributed by atoms with Crippen LogP contribution in [-0.4, -0.2) is 35.3 Å². The summed E-state index contributed by atoms with van der Waals surface area (Å²) in [6, 6.07) is 3.56. The number of urea groups is 1. The van der Waals surface area contributed by atoms with Crippen molar-refractivity contribution in [3.63, 3.8) is 0 Å². The van der Waals surface area contributed by atoms with Crippen molar-refractivity contribution in [1.82, 2.24) is 15.5 Å². The van der Waals surface area contributed by atoms with Crippen molar-refractivity contribution in [3.8, 4) is 0 Å². The lowest BCUT2D eigenvalue weighted by Gasteiger charge is -2.26. The van der Waals surface area contributed by atoms with Crippen molar-refractivity contribution in [2.45, 2.75) is 51.4 Å². The van der Waals surface area contributed by atoms with Crippen molar-refractivity contribution >= 4 is 17.8 Å². The summed E-state index contributed by atoms with van der Waals surface area (Å²) >= 11 is 0. The monoisotopic (exact) mass is 385 g/mol. The summed E-state index contributed by atoms with van der Waals surface area (Å²) in [5.41, 5.74) is -3.28. The molecule has 0 spiro atoms. The van der Waals surface area contributed by atoms with Gasteiger partial charge in [-0.05, 0) is 31.4 Å². The van der Waals surface area contributed by atoms with Crippen molar-refractivity contribution < 1.29 is 27.6 Å². The van der Waals surface area contributed by atoms with E-state index in [1.54, 1.807) is 0 Å². The minimum atomic E-state index is -4.69. The number of carbonyl (C=O) groups is 3. The predicted molar refractivity (Wildman–Crippen MR) is 91.6 cm³/mol. The van der Waals surface area contributed by atoms with Gasteiger partial charge in [-0.15, -0.1) is 0 Å². The fourth-order valence-corrected chi connectivity index (χ4v) is 3.10. The Bertz CT molecular complexity index is 747. The molecule has 1 fully saturated rings. The molecule has 2 N–H and O–H groups in total. The summed E-state index contributed by atoms with van der Waals surface area (Å²) < 4.78 is 40.0. The summed E-state index contributed by atoms with van der Waals surface area (Å²) in [6.45, 7) is 4.42. The molecule has 0 aliphatic carbocycles. The SMILES string of the molecule is CCC(CC)NC(=O)CN1C(=O)NC(C)(c2ccccc2C(F)(F)F)C1=O. The Labute approximate surface area is 155 Å². The molecule has 148 valence electrons. The molecule has 1 aliphatic heterocycles. The van der Waals surface area contributed by atoms with Crippen LogP contribution in [0.3, 0.4) is 0 Å². The molecule has 1 unspecified atom stereocenters. The molecule has 1 saturated heterocycles. The molecule has 1 atom stereocenters. The van der Waals surface area contributed by atoms with E-state index in [2.05, 4.69) is 10.6 Å². The number of hydrogen-bond acceptors (Lipinski definition) is 3. The van der Waals surface area contributed by atoms with E-state index in [1.165, 1.54) is 19.1 Å². The van der Waals surface area contributed by atoms with Crippen LogP contribution in [0.2, 0.25) is 0 Å². The largest absolute Gasteiger partial charge is 0.416 e. The maximum atomic E-state index is 13.3. The van der Waals surface area contributed by atoms with Gasteiger partial charge in [-0.25, -0.2) is 4.79 Å². The highest BCUT2D eigenvalue weighted by Gasteiger charge is 2.52. The zero-order valence-electron chi connectivity index (χ0n) is 15.3. The molecule has 1 aromatic rings. The van der Waals surface area contributed by atoms with Crippen molar-refractivity contribution in [1.29, 1.82) is 0 Å². The molecule has 1 aromatic carbocycles. The van der Waals surface area contributed by atoms with Crippen LogP contribution >= 0.6 is 0 Å². The lowest BCUT2D eigenvalue weighted by Crippen LogP contribution is -2.45. The van der Waals surface area contributed by atoms with Crippen molar-refractivity contribution in [2.24, 2.45) is 0 Å². The number of nitrogens with one attached hydrogen (secondary N) is 2. The van der Waals surface area contributed by atoms with Crippen LogP contribution in [0.15, 0.2) is 24.3 Å². The van der Waals surface area contributed by atoms with Crippen LogP contribution in [0.4, 0.5) is 18.0 Å². The van der Waals surface area contributed by atoms with Crippen LogP contribution in [0.1, 0.15) is 44.7 Å². The zero-order chi connectivity index (χ0) is 20.4. The number of benzene rings is 1. The molecule has 27 heavy (non-hydrogen) atoms. The second-order valence-electron chi connectivity index (χ2n) is 6.57. The predicted octanol–water partition coefficient (Wildman–Crippen LogP) is 2.78. The molecule has 0 saturated carbocycles. The maximum absolute atomic E-state index is 13.3. The van der Waals surface area contributed by atoms with Gasteiger partial charge in [0.25, 0.3) is 5.91 Å². The summed E-state index contributed by atoms with van der Waals surface area (Å²) in [7, 11) is 0. The van der Waals surface area contributed by atoms with E-state index in [9.17, 15) is 27.6 Å². The number of hydrogen-bond donors (Lipinski definition) is 2. The first kappa shape index (κ1) is 20.7. The lowest BCUT2D eigenvalue weighted by atomic mass is 9.87. The van der Waals surface area contributed by atoms with Crippen molar-refractivity contribution in [3.05, 3.63) is 35.4 Å². The maximum Gasteiger partial charge on any atom is 0.416 e. The molecule has 1 heterocycles. The van der Waals surface area contributed by atoms with Crippen molar-refractivity contribution in [2.75, 3.05) is 6.54 Å². The topological polar surface area (TPSA) is 78.5 Å².